The standard InChI is InChI=1S/Al.Cl6Si2.3H/c;1-7(2,3)8(4,5)6;;;. The highest BCUT2D eigenvalue weighted by Crippen LogP contribution is 2.39. The Labute approximate surface area is 93.9 Å². The van der Waals surface area contributed by atoms with E-state index in [1.807, 2.05) is 0 Å². The van der Waals surface area contributed by atoms with Gasteiger partial charge in [0.25, 0.3) is 0 Å². The van der Waals surface area contributed by atoms with E-state index in [-0.39, 0.29) is 17.4 Å². The molecule has 0 bridgehead atoms. The van der Waals surface area contributed by atoms with Gasteiger partial charge in [-0.15, -0.1) is 66.5 Å². The Bertz CT molecular complexity index is 66.0. The Morgan fingerprint density at radius 3 is 0.667 bits per heavy atom. The molecule has 0 aliphatic rings. The van der Waals surface area contributed by atoms with Crippen LogP contribution in [0.25, 0.3) is 0 Å². The smallest absolute Gasteiger partial charge is 0.125 e. The van der Waals surface area contributed by atoms with Crippen molar-refractivity contribution in [3.05, 3.63) is 0 Å². The van der Waals surface area contributed by atoms with E-state index >= 15 is 0 Å². The van der Waals surface area contributed by atoms with Crippen LogP contribution >= 0.6 is 66.5 Å². The van der Waals surface area contributed by atoms with Crippen LogP contribution in [-0.4, -0.2) is 28.4 Å². The Morgan fingerprint density at radius 1 is 0.556 bits per heavy atom. The largest absolute Gasteiger partial charge is 0.376 e. The zero-order chi connectivity index (χ0) is 7.00. The van der Waals surface area contributed by atoms with E-state index in [1.54, 1.807) is 0 Å². The Kier molecular flexibility index (Phi) is 7.38. The van der Waals surface area contributed by atoms with Gasteiger partial charge in [0.15, 0.2) is 17.4 Å². The van der Waals surface area contributed by atoms with E-state index in [1.165, 1.54) is 0 Å². The fourth-order valence-electron chi connectivity index (χ4n) is 0. The minimum absolute atomic E-state index is 0. The molecule has 0 aliphatic carbocycles. The van der Waals surface area contributed by atoms with Gasteiger partial charge in [-0.3, -0.25) is 0 Å². The van der Waals surface area contributed by atoms with Gasteiger partial charge < -0.3 is 0 Å². The summed E-state index contributed by atoms with van der Waals surface area (Å²) >= 11 is 32.1. The van der Waals surface area contributed by atoms with Crippen LogP contribution in [0.1, 0.15) is 0 Å². The van der Waals surface area contributed by atoms with Gasteiger partial charge in [0.1, 0.15) is 0 Å². The maximum absolute atomic E-state index is 5.34. The second kappa shape index (κ2) is 4.66. The highest BCUT2D eigenvalue weighted by atomic mass is 35.9. The van der Waals surface area contributed by atoms with E-state index in [4.69, 9.17) is 66.5 Å². The third kappa shape index (κ3) is 5.92. The molecule has 0 unspecified atom stereocenters. The molecule has 0 aliphatic heterocycles. The van der Waals surface area contributed by atoms with Crippen LogP contribution in [0.15, 0.2) is 0 Å². The highest BCUT2D eigenvalue weighted by molar-refractivity contribution is 8.10. The summed E-state index contributed by atoms with van der Waals surface area (Å²) < 4.78 is 0. The molecule has 0 saturated carbocycles. The van der Waals surface area contributed by atoms with Gasteiger partial charge in [-0.1, -0.05) is 0 Å². The normalized spacial score (nSPS) is 12.7. The van der Waals surface area contributed by atoms with Gasteiger partial charge in [0.05, 0.1) is 0 Å². The molecule has 0 saturated heterocycles. The van der Waals surface area contributed by atoms with Crippen LogP contribution in [0.2, 0.25) is 0 Å². The van der Waals surface area contributed by atoms with Crippen LogP contribution in [0.5, 0.6) is 0 Å². The van der Waals surface area contributed by atoms with Gasteiger partial charge >= 0.3 is 11.0 Å². The van der Waals surface area contributed by atoms with Crippen LogP contribution in [-0.2, 0) is 0 Å². The average molecular weight is 299 g/mol. The molecule has 0 aromatic rings. The zero-order valence-corrected chi connectivity index (χ0v) is 9.80. The topological polar surface area (TPSA) is 0 Å². The van der Waals surface area contributed by atoms with Crippen LogP contribution in [0, 0.1) is 0 Å². The van der Waals surface area contributed by atoms with Crippen molar-refractivity contribution in [2.75, 3.05) is 0 Å². The number of hydrogen-bond acceptors (Lipinski definition) is 0. The van der Waals surface area contributed by atoms with E-state index in [0.29, 0.717) is 0 Å². The molecule has 0 fully saturated rings. The van der Waals surface area contributed by atoms with Crippen molar-refractivity contribution in [3.63, 3.8) is 0 Å². The SMILES string of the molecule is Cl[Si](Cl)(Cl)[Si](Cl)(Cl)Cl.[AlH3]. The van der Waals surface area contributed by atoms with Crippen molar-refractivity contribution in [2.45, 2.75) is 0 Å². The molecule has 0 atom stereocenters. The first-order valence-electron chi connectivity index (χ1n) is 1.38. The van der Waals surface area contributed by atoms with Crippen molar-refractivity contribution in [3.8, 4) is 0 Å². The van der Waals surface area contributed by atoms with E-state index < -0.39 is 11.0 Å². The summed E-state index contributed by atoms with van der Waals surface area (Å²) in [6, 6.07) is 0. The summed E-state index contributed by atoms with van der Waals surface area (Å²) in [5.74, 6) is 0. The Balaban J connectivity index is 0. The van der Waals surface area contributed by atoms with Crippen molar-refractivity contribution in [2.24, 2.45) is 0 Å². The maximum Gasteiger partial charge on any atom is 0.376 e. The van der Waals surface area contributed by atoms with Gasteiger partial charge in [0.2, 0.25) is 0 Å². The first kappa shape index (κ1) is 14.2. The lowest BCUT2D eigenvalue weighted by Crippen LogP contribution is -2.36. The third-order valence-corrected chi connectivity index (χ3v) is 26.0. The van der Waals surface area contributed by atoms with Gasteiger partial charge in [-0.05, 0) is 0 Å². The van der Waals surface area contributed by atoms with Crippen molar-refractivity contribution >= 4 is 94.9 Å². The number of hydrogen-bond donors (Lipinski definition) is 0. The molecular formula is H3AlCl6Si2. The molecule has 0 amide bonds. The van der Waals surface area contributed by atoms with Crippen molar-refractivity contribution < 1.29 is 0 Å². The summed E-state index contributed by atoms with van der Waals surface area (Å²) in [4.78, 5) is 0. The summed E-state index contributed by atoms with van der Waals surface area (Å²) in [5.41, 5.74) is -6.01. The lowest BCUT2D eigenvalue weighted by molar-refractivity contribution is 3.49. The molecule has 9 heavy (non-hydrogen) atoms. The quantitative estimate of drug-likeness (QED) is 0.514. The predicted molar refractivity (Wildman–Crippen MR) is 56.6 cm³/mol. The number of rotatable bonds is 1. The third-order valence-electron chi connectivity index (χ3n) is 0.321. The van der Waals surface area contributed by atoms with Crippen LogP contribution in [0.3, 0.4) is 0 Å². The Hall–Kier alpha value is 2.71. The van der Waals surface area contributed by atoms with Gasteiger partial charge in [-0.25, -0.2) is 0 Å². The van der Waals surface area contributed by atoms with E-state index in [0.717, 1.165) is 0 Å². The van der Waals surface area contributed by atoms with Crippen molar-refractivity contribution in [1.82, 2.24) is 0 Å². The molecule has 0 heterocycles. The number of halogens is 6. The summed E-state index contributed by atoms with van der Waals surface area (Å²) in [6.07, 6.45) is 0. The van der Waals surface area contributed by atoms with E-state index in [9.17, 15) is 0 Å². The zero-order valence-electron chi connectivity index (χ0n) is 3.27. The predicted octanol–water partition coefficient (Wildman–Crippen LogP) is 2.19. The van der Waals surface area contributed by atoms with Gasteiger partial charge in [-0.2, -0.15) is 0 Å². The minimum Gasteiger partial charge on any atom is -0.125 e. The maximum atomic E-state index is 5.34. The average Bonchev–Trinajstić information content (AvgIpc) is 1.25. The van der Waals surface area contributed by atoms with Crippen LogP contribution in [0.4, 0.5) is 0 Å². The van der Waals surface area contributed by atoms with E-state index in [2.05, 4.69) is 0 Å². The molecule has 0 radical (unpaired) electrons. The fraction of sp³-hybridized carbons (Fsp3) is 0. The second-order valence-corrected chi connectivity index (χ2v) is 26.9. The molecule has 0 N–H and O–H groups in total. The molecule has 0 rings (SSSR count). The summed E-state index contributed by atoms with van der Waals surface area (Å²) in [5, 5.41) is 0. The summed E-state index contributed by atoms with van der Waals surface area (Å²) in [6.45, 7) is 0. The molecule has 0 aromatic heterocycles. The minimum atomic E-state index is -3.01. The lowest BCUT2D eigenvalue weighted by atomic mass is 26.7. The molecule has 56 valence electrons. The monoisotopic (exact) mass is 296 g/mol. The molecular weight excluding hydrogens is 296 g/mol. The first-order valence-corrected chi connectivity index (χ1v) is 12.5. The lowest BCUT2D eigenvalue weighted by Gasteiger charge is -2.12. The summed E-state index contributed by atoms with van der Waals surface area (Å²) in [7, 11) is 0. The fourth-order valence-corrected chi connectivity index (χ4v) is 0. The molecule has 0 aromatic carbocycles. The van der Waals surface area contributed by atoms with Crippen molar-refractivity contribution in [1.29, 1.82) is 0 Å². The Morgan fingerprint density at radius 2 is 0.667 bits per heavy atom. The van der Waals surface area contributed by atoms with Gasteiger partial charge in [0, 0.05) is 0 Å². The first-order chi connectivity index (χ1) is 3.25. The molecule has 9 heteroatoms. The highest BCUT2D eigenvalue weighted by Gasteiger charge is 2.52. The van der Waals surface area contributed by atoms with Crippen LogP contribution < -0.4 is 0 Å². The molecule has 0 nitrogen and oxygen atoms in total. The second-order valence-electron chi connectivity index (χ2n) is 0.996. The molecule has 0 spiro atoms.